The molecule has 66 valence electrons. The van der Waals surface area contributed by atoms with E-state index >= 15 is 0 Å². The third-order valence-electron chi connectivity index (χ3n) is 2.39. The molecule has 1 aliphatic rings. The molecule has 0 spiro atoms. The molecule has 3 heteroatoms. The highest BCUT2D eigenvalue weighted by Gasteiger charge is 2.31. The molecule has 0 aliphatic heterocycles. The lowest BCUT2D eigenvalue weighted by atomic mass is 9.85. The summed E-state index contributed by atoms with van der Waals surface area (Å²) in [5.41, 5.74) is 5.36. The van der Waals surface area contributed by atoms with Crippen molar-refractivity contribution in [3.8, 4) is 0 Å². The highest BCUT2D eigenvalue weighted by molar-refractivity contribution is 6.20. The van der Waals surface area contributed by atoms with Crippen molar-refractivity contribution in [2.45, 2.75) is 37.2 Å². The van der Waals surface area contributed by atoms with Gasteiger partial charge in [-0.3, -0.25) is 0 Å². The van der Waals surface area contributed by atoms with Crippen LogP contribution in [-0.2, 0) is 0 Å². The lowest BCUT2D eigenvalue weighted by Gasteiger charge is -2.29. The van der Waals surface area contributed by atoms with E-state index in [1.54, 1.807) is 0 Å². The summed E-state index contributed by atoms with van der Waals surface area (Å²) < 4.78 is 13.1. The second-order valence-electron chi connectivity index (χ2n) is 3.20. The zero-order chi connectivity index (χ0) is 8.27. The van der Waals surface area contributed by atoms with E-state index in [0.717, 1.165) is 19.3 Å². The second kappa shape index (κ2) is 4.27. The topological polar surface area (TPSA) is 26.0 Å². The molecule has 3 atom stereocenters. The van der Waals surface area contributed by atoms with Gasteiger partial charge in [-0.1, -0.05) is 0 Å². The Morgan fingerprint density at radius 3 is 2.73 bits per heavy atom. The third-order valence-corrected chi connectivity index (χ3v) is 2.93. The summed E-state index contributed by atoms with van der Waals surface area (Å²) in [7, 11) is 0. The van der Waals surface area contributed by atoms with Gasteiger partial charge in [0.25, 0.3) is 0 Å². The maximum absolute atomic E-state index is 13.1. The fraction of sp³-hybridized carbons (Fsp3) is 1.00. The van der Waals surface area contributed by atoms with Crippen LogP contribution in [0.3, 0.4) is 0 Å². The third kappa shape index (κ3) is 2.31. The monoisotopic (exact) mass is 179 g/mol. The first-order valence-corrected chi connectivity index (χ1v) is 4.67. The minimum absolute atomic E-state index is 0.00965. The molecule has 1 rings (SSSR count). The van der Waals surface area contributed by atoms with Gasteiger partial charge in [-0.2, -0.15) is 0 Å². The van der Waals surface area contributed by atoms with Gasteiger partial charge in [-0.15, -0.1) is 11.6 Å². The van der Waals surface area contributed by atoms with Crippen LogP contribution in [0.4, 0.5) is 4.39 Å². The molecule has 0 saturated heterocycles. The number of hydrogen-bond donors (Lipinski definition) is 1. The maximum atomic E-state index is 13.1. The second-order valence-corrected chi connectivity index (χ2v) is 3.76. The van der Waals surface area contributed by atoms with Gasteiger partial charge in [0.15, 0.2) is 0 Å². The molecule has 0 heterocycles. The molecule has 0 aromatic heterocycles. The lowest BCUT2D eigenvalue weighted by Crippen LogP contribution is -2.31. The van der Waals surface area contributed by atoms with Crippen LogP contribution in [0, 0.1) is 5.92 Å². The molecule has 0 aromatic rings. The number of alkyl halides is 2. The maximum Gasteiger partial charge on any atom is 0.104 e. The molecule has 2 N–H and O–H groups in total. The van der Waals surface area contributed by atoms with Crippen LogP contribution < -0.4 is 5.73 Å². The van der Waals surface area contributed by atoms with E-state index < -0.39 is 6.17 Å². The first-order chi connectivity index (χ1) is 5.25. The molecule has 1 saturated carbocycles. The van der Waals surface area contributed by atoms with E-state index in [2.05, 4.69) is 0 Å². The van der Waals surface area contributed by atoms with Gasteiger partial charge < -0.3 is 5.73 Å². The standard InChI is InChI=1S/C8H15ClFN/c9-7-2-1-3-8(10)6(7)4-5-11/h6-8H,1-5,11H2. The van der Waals surface area contributed by atoms with Crippen LogP contribution in [0.15, 0.2) is 0 Å². The zero-order valence-electron chi connectivity index (χ0n) is 6.60. The van der Waals surface area contributed by atoms with Crippen LogP contribution in [0.5, 0.6) is 0 Å². The summed E-state index contributed by atoms with van der Waals surface area (Å²) in [5, 5.41) is 0.0160. The molecule has 1 fully saturated rings. The Morgan fingerprint density at radius 1 is 1.45 bits per heavy atom. The molecule has 0 radical (unpaired) electrons. The molecule has 0 amide bonds. The molecule has 1 aliphatic carbocycles. The van der Waals surface area contributed by atoms with E-state index in [1.807, 2.05) is 0 Å². The van der Waals surface area contributed by atoms with Gasteiger partial charge in [0.05, 0.1) is 0 Å². The summed E-state index contributed by atoms with van der Waals surface area (Å²) in [4.78, 5) is 0. The minimum Gasteiger partial charge on any atom is -0.330 e. The van der Waals surface area contributed by atoms with Crippen molar-refractivity contribution in [3.05, 3.63) is 0 Å². The average molecular weight is 180 g/mol. The predicted molar refractivity (Wildman–Crippen MR) is 45.5 cm³/mol. The Hall–Kier alpha value is 0.180. The summed E-state index contributed by atoms with van der Waals surface area (Å²) in [5.74, 6) is 0.00965. The quantitative estimate of drug-likeness (QED) is 0.646. The first-order valence-electron chi connectivity index (χ1n) is 4.24. The van der Waals surface area contributed by atoms with E-state index in [9.17, 15) is 4.39 Å². The van der Waals surface area contributed by atoms with Gasteiger partial charge in [-0.05, 0) is 32.2 Å². The van der Waals surface area contributed by atoms with Crippen molar-refractivity contribution in [1.29, 1.82) is 0 Å². The molecular formula is C8H15ClFN. The molecule has 3 unspecified atom stereocenters. The fourth-order valence-electron chi connectivity index (χ4n) is 1.72. The largest absolute Gasteiger partial charge is 0.330 e. The fourth-order valence-corrected chi connectivity index (χ4v) is 2.15. The Bertz CT molecular complexity index is 111. The van der Waals surface area contributed by atoms with Crippen LogP contribution in [0.1, 0.15) is 25.7 Å². The zero-order valence-corrected chi connectivity index (χ0v) is 7.36. The summed E-state index contributed by atoms with van der Waals surface area (Å²) in [6.07, 6.45) is 2.57. The van der Waals surface area contributed by atoms with Crippen LogP contribution in [0.2, 0.25) is 0 Å². The van der Waals surface area contributed by atoms with Crippen molar-refractivity contribution in [2.75, 3.05) is 6.54 Å². The van der Waals surface area contributed by atoms with Gasteiger partial charge in [0, 0.05) is 11.3 Å². The Labute approximate surface area is 72.1 Å². The summed E-state index contributed by atoms with van der Waals surface area (Å²) >= 11 is 5.96. The number of rotatable bonds is 2. The van der Waals surface area contributed by atoms with Crippen molar-refractivity contribution < 1.29 is 4.39 Å². The van der Waals surface area contributed by atoms with Gasteiger partial charge in [-0.25, -0.2) is 4.39 Å². The highest BCUT2D eigenvalue weighted by atomic mass is 35.5. The van der Waals surface area contributed by atoms with Gasteiger partial charge in [0.1, 0.15) is 6.17 Å². The van der Waals surface area contributed by atoms with Crippen LogP contribution in [-0.4, -0.2) is 18.1 Å². The van der Waals surface area contributed by atoms with Crippen molar-refractivity contribution >= 4 is 11.6 Å². The SMILES string of the molecule is NCCC1C(F)CCCC1Cl. The molecular weight excluding hydrogens is 165 g/mol. The first kappa shape index (κ1) is 9.27. The number of halogens is 2. The Kier molecular flexibility index (Phi) is 3.60. The van der Waals surface area contributed by atoms with Gasteiger partial charge in [0.2, 0.25) is 0 Å². The van der Waals surface area contributed by atoms with E-state index in [1.165, 1.54) is 0 Å². The van der Waals surface area contributed by atoms with Crippen molar-refractivity contribution in [2.24, 2.45) is 11.7 Å². The highest BCUT2D eigenvalue weighted by Crippen LogP contribution is 2.32. The van der Waals surface area contributed by atoms with Crippen LogP contribution >= 0.6 is 11.6 Å². The number of nitrogens with two attached hydrogens (primary N) is 1. The molecule has 1 nitrogen and oxygen atoms in total. The number of hydrogen-bond acceptors (Lipinski definition) is 1. The minimum atomic E-state index is -0.713. The molecule has 11 heavy (non-hydrogen) atoms. The Morgan fingerprint density at radius 2 is 2.18 bits per heavy atom. The van der Waals surface area contributed by atoms with Crippen LogP contribution in [0.25, 0.3) is 0 Å². The van der Waals surface area contributed by atoms with Crippen molar-refractivity contribution in [3.63, 3.8) is 0 Å². The van der Waals surface area contributed by atoms with E-state index in [-0.39, 0.29) is 11.3 Å². The van der Waals surface area contributed by atoms with E-state index in [0.29, 0.717) is 13.0 Å². The lowest BCUT2D eigenvalue weighted by molar-refractivity contribution is 0.163. The van der Waals surface area contributed by atoms with Gasteiger partial charge >= 0.3 is 0 Å². The van der Waals surface area contributed by atoms with E-state index in [4.69, 9.17) is 17.3 Å². The smallest absolute Gasteiger partial charge is 0.104 e. The Balaban J connectivity index is 2.41. The van der Waals surface area contributed by atoms with Crippen molar-refractivity contribution in [1.82, 2.24) is 0 Å². The summed E-state index contributed by atoms with van der Waals surface area (Å²) in [6.45, 7) is 0.550. The molecule has 0 aromatic carbocycles. The summed E-state index contributed by atoms with van der Waals surface area (Å²) in [6, 6.07) is 0. The predicted octanol–water partition coefficient (Wildman–Crippen LogP) is 2.08. The normalized spacial score (nSPS) is 39.0. The molecule has 0 bridgehead atoms. The average Bonchev–Trinajstić information content (AvgIpc) is 1.97.